The molecule has 0 radical (unpaired) electrons. The average molecular weight is 349 g/mol. The van der Waals surface area contributed by atoms with Crippen LogP contribution < -0.4 is 0 Å². The molecule has 1 fully saturated rings. The molecular weight excluding hydrogens is 326 g/mol. The summed E-state index contributed by atoms with van der Waals surface area (Å²) in [6.45, 7) is 2.74. The Morgan fingerprint density at radius 1 is 1.00 bits per heavy atom. The van der Waals surface area contributed by atoms with Gasteiger partial charge >= 0.3 is 0 Å². The fourth-order valence-electron chi connectivity index (χ4n) is 4.42. The maximum Gasteiger partial charge on any atom is 0.182 e. The summed E-state index contributed by atoms with van der Waals surface area (Å²) in [6.07, 6.45) is 8.40. The molecule has 134 valence electrons. The quantitative estimate of drug-likeness (QED) is 0.727. The minimum atomic E-state index is 0.502. The lowest BCUT2D eigenvalue weighted by molar-refractivity contribution is 0.0534. The second-order valence-electron chi connectivity index (χ2n) is 7.22. The highest BCUT2D eigenvalue weighted by molar-refractivity contribution is 5.54. The summed E-state index contributed by atoms with van der Waals surface area (Å²) < 4.78 is 9.97. The van der Waals surface area contributed by atoms with E-state index in [1.165, 1.54) is 12.8 Å². The molecule has 4 heterocycles. The van der Waals surface area contributed by atoms with Crippen molar-refractivity contribution in [2.24, 2.45) is 5.92 Å². The van der Waals surface area contributed by atoms with E-state index in [4.69, 9.17) is 4.74 Å². The van der Waals surface area contributed by atoms with Crippen molar-refractivity contribution in [3.63, 3.8) is 0 Å². The first-order valence-electron chi connectivity index (χ1n) is 9.51. The number of nitrogens with zero attached hydrogens (tertiary/aromatic N) is 5. The molecule has 0 spiro atoms. The summed E-state index contributed by atoms with van der Waals surface area (Å²) in [7, 11) is 0. The highest BCUT2D eigenvalue weighted by atomic mass is 16.5. The molecule has 2 aliphatic heterocycles. The van der Waals surface area contributed by atoms with Gasteiger partial charge < -0.3 is 9.30 Å². The number of aromatic nitrogens is 5. The van der Waals surface area contributed by atoms with Gasteiger partial charge in [-0.2, -0.15) is 0 Å². The Kier molecular flexibility index (Phi) is 4.05. The standard InChI is InChI=1S/C20H23N5O/c1-2-5-16(6-3-1)25-14-21-13-18(25)20-23-22-19-17(7-4-10-24(19)20)15-8-11-26-12-9-15/h1-3,5-6,13-15,17H,4,7-12H2. The number of imidazole rings is 1. The molecule has 0 aliphatic carbocycles. The summed E-state index contributed by atoms with van der Waals surface area (Å²) in [5.74, 6) is 3.25. The third kappa shape index (κ3) is 2.65. The first kappa shape index (κ1) is 15.8. The van der Waals surface area contributed by atoms with Crippen molar-refractivity contribution < 1.29 is 4.74 Å². The summed E-state index contributed by atoms with van der Waals surface area (Å²) in [5, 5.41) is 9.23. The second-order valence-corrected chi connectivity index (χ2v) is 7.22. The molecule has 0 amide bonds. The molecule has 6 heteroatoms. The van der Waals surface area contributed by atoms with Crippen LogP contribution in [0, 0.1) is 5.92 Å². The Morgan fingerprint density at radius 3 is 2.69 bits per heavy atom. The Balaban J connectivity index is 1.53. The molecule has 1 aromatic carbocycles. The lowest BCUT2D eigenvalue weighted by atomic mass is 9.81. The zero-order valence-corrected chi connectivity index (χ0v) is 14.8. The molecule has 0 N–H and O–H groups in total. The van der Waals surface area contributed by atoms with Gasteiger partial charge in [-0.3, -0.25) is 4.57 Å². The van der Waals surface area contributed by atoms with E-state index in [0.717, 1.165) is 55.6 Å². The monoisotopic (exact) mass is 349 g/mol. The first-order valence-corrected chi connectivity index (χ1v) is 9.51. The van der Waals surface area contributed by atoms with Crippen LogP contribution in [0.3, 0.4) is 0 Å². The van der Waals surface area contributed by atoms with Crippen LogP contribution in [0.5, 0.6) is 0 Å². The maximum absolute atomic E-state index is 5.55. The van der Waals surface area contributed by atoms with E-state index in [-0.39, 0.29) is 0 Å². The van der Waals surface area contributed by atoms with E-state index < -0.39 is 0 Å². The van der Waals surface area contributed by atoms with Crippen molar-refractivity contribution in [3.8, 4) is 17.2 Å². The molecule has 3 aromatic rings. The average Bonchev–Trinajstić information content (AvgIpc) is 3.36. The predicted molar refractivity (Wildman–Crippen MR) is 98.1 cm³/mol. The van der Waals surface area contributed by atoms with Crippen LogP contribution in [0.4, 0.5) is 0 Å². The van der Waals surface area contributed by atoms with E-state index in [1.807, 2.05) is 30.7 Å². The molecule has 2 aromatic heterocycles. The van der Waals surface area contributed by atoms with Gasteiger partial charge in [-0.05, 0) is 43.7 Å². The van der Waals surface area contributed by atoms with Crippen LogP contribution in [-0.2, 0) is 11.3 Å². The number of ether oxygens (including phenoxy) is 1. The molecular formula is C20H23N5O. The number of fused-ring (bicyclic) bond motifs is 1. The van der Waals surface area contributed by atoms with Gasteiger partial charge in [0.25, 0.3) is 0 Å². The molecule has 1 atom stereocenters. The largest absolute Gasteiger partial charge is 0.381 e. The van der Waals surface area contributed by atoms with Crippen LogP contribution in [0.1, 0.15) is 37.4 Å². The smallest absolute Gasteiger partial charge is 0.182 e. The fraction of sp³-hybridized carbons (Fsp3) is 0.450. The van der Waals surface area contributed by atoms with Gasteiger partial charge in [0, 0.05) is 31.4 Å². The number of hydrogen-bond donors (Lipinski definition) is 0. The highest BCUT2D eigenvalue weighted by Gasteiger charge is 2.33. The Morgan fingerprint density at radius 2 is 1.85 bits per heavy atom. The lowest BCUT2D eigenvalue weighted by Gasteiger charge is -2.32. The van der Waals surface area contributed by atoms with Gasteiger partial charge in [-0.15, -0.1) is 10.2 Å². The van der Waals surface area contributed by atoms with E-state index >= 15 is 0 Å². The van der Waals surface area contributed by atoms with Crippen LogP contribution in [0.25, 0.3) is 17.2 Å². The molecule has 5 rings (SSSR count). The minimum Gasteiger partial charge on any atom is -0.381 e. The van der Waals surface area contributed by atoms with Crippen LogP contribution in [0.2, 0.25) is 0 Å². The van der Waals surface area contributed by atoms with Crippen molar-refractivity contribution in [1.29, 1.82) is 0 Å². The number of rotatable bonds is 3. The summed E-state index contributed by atoms with van der Waals surface area (Å²) in [4.78, 5) is 4.38. The molecule has 6 nitrogen and oxygen atoms in total. The third-order valence-corrected chi connectivity index (χ3v) is 5.74. The number of hydrogen-bond acceptors (Lipinski definition) is 4. The minimum absolute atomic E-state index is 0.502. The zero-order valence-electron chi connectivity index (χ0n) is 14.8. The van der Waals surface area contributed by atoms with Crippen molar-refractivity contribution in [3.05, 3.63) is 48.7 Å². The van der Waals surface area contributed by atoms with Gasteiger partial charge in [-0.1, -0.05) is 18.2 Å². The van der Waals surface area contributed by atoms with E-state index in [0.29, 0.717) is 11.8 Å². The number of benzene rings is 1. The fourth-order valence-corrected chi connectivity index (χ4v) is 4.42. The molecule has 1 unspecified atom stereocenters. The molecule has 0 bridgehead atoms. The van der Waals surface area contributed by atoms with E-state index in [1.54, 1.807) is 0 Å². The Bertz CT molecular complexity index is 879. The van der Waals surface area contributed by atoms with Crippen molar-refractivity contribution in [1.82, 2.24) is 24.3 Å². The van der Waals surface area contributed by atoms with Crippen LogP contribution in [0.15, 0.2) is 42.9 Å². The van der Waals surface area contributed by atoms with E-state index in [9.17, 15) is 0 Å². The maximum atomic E-state index is 5.55. The van der Waals surface area contributed by atoms with Gasteiger partial charge in [0.1, 0.15) is 11.5 Å². The van der Waals surface area contributed by atoms with Crippen molar-refractivity contribution in [2.45, 2.75) is 38.1 Å². The molecule has 0 saturated carbocycles. The van der Waals surface area contributed by atoms with Crippen LogP contribution in [-0.4, -0.2) is 37.5 Å². The number of para-hydroxylation sites is 1. The SMILES string of the molecule is c1ccc(-n2cncc2-c2nnc3n2CCCC3C2CCOCC2)cc1. The van der Waals surface area contributed by atoms with Gasteiger partial charge in [0.05, 0.1) is 12.5 Å². The topological polar surface area (TPSA) is 57.8 Å². The lowest BCUT2D eigenvalue weighted by Crippen LogP contribution is -2.27. The molecule has 1 saturated heterocycles. The van der Waals surface area contributed by atoms with Gasteiger partial charge in [-0.25, -0.2) is 4.98 Å². The van der Waals surface area contributed by atoms with Gasteiger partial charge in [0.2, 0.25) is 0 Å². The second kappa shape index (κ2) is 6.68. The first-order chi connectivity index (χ1) is 12.9. The normalized spacial score (nSPS) is 20.8. The predicted octanol–water partition coefficient (Wildman–Crippen LogP) is 3.43. The summed E-state index contributed by atoms with van der Waals surface area (Å²) in [5.41, 5.74) is 2.09. The van der Waals surface area contributed by atoms with Crippen molar-refractivity contribution >= 4 is 0 Å². The Hall–Kier alpha value is -2.47. The summed E-state index contributed by atoms with van der Waals surface area (Å²) >= 11 is 0. The third-order valence-electron chi connectivity index (χ3n) is 5.74. The highest BCUT2D eigenvalue weighted by Crippen LogP contribution is 2.39. The zero-order chi connectivity index (χ0) is 17.3. The molecule has 26 heavy (non-hydrogen) atoms. The van der Waals surface area contributed by atoms with E-state index in [2.05, 4.69) is 36.4 Å². The van der Waals surface area contributed by atoms with Gasteiger partial charge in [0.15, 0.2) is 5.82 Å². The molecule has 2 aliphatic rings. The summed E-state index contributed by atoms with van der Waals surface area (Å²) in [6, 6.07) is 10.3. The Labute approximate surface area is 152 Å². The van der Waals surface area contributed by atoms with Crippen molar-refractivity contribution in [2.75, 3.05) is 13.2 Å². The van der Waals surface area contributed by atoms with Crippen LogP contribution >= 0.6 is 0 Å².